The lowest BCUT2D eigenvalue weighted by Crippen LogP contribution is -2.56. The van der Waals surface area contributed by atoms with Crippen molar-refractivity contribution in [2.45, 2.75) is 45.2 Å². The molecule has 0 aliphatic carbocycles. The smallest absolute Gasteiger partial charge is 0.0618 e. The zero-order valence-electron chi connectivity index (χ0n) is 10.5. The van der Waals surface area contributed by atoms with Gasteiger partial charge in [-0.15, -0.1) is 0 Å². The molecular formula is C12H26N2O. The van der Waals surface area contributed by atoms with E-state index in [0.29, 0.717) is 12.1 Å². The van der Waals surface area contributed by atoms with Crippen LogP contribution >= 0.6 is 0 Å². The first-order valence-electron chi connectivity index (χ1n) is 6.28. The standard InChI is InChI=1S/C12H26N2O/c1-4-6-12(10-15-3)14-8-7-13-9-11(14)5-2/h11-13H,4-10H2,1-3H3. The SMILES string of the molecule is CCCC(COC)N1CCNCC1CC. The molecule has 1 rings (SSSR count). The van der Waals surface area contributed by atoms with Crippen LogP contribution in [0, 0.1) is 0 Å². The van der Waals surface area contributed by atoms with Gasteiger partial charge in [0.05, 0.1) is 6.61 Å². The molecule has 15 heavy (non-hydrogen) atoms. The summed E-state index contributed by atoms with van der Waals surface area (Å²) >= 11 is 0. The van der Waals surface area contributed by atoms with Crippen LogP contribution in [-0.2, 0) is 4.74 Å². The van der Waals surface area contributed by atoms with Gasteiger partial charge in [-0.1, -0.05) is 20.3 Å². The van der Waals surface area contributed by atoms with Crippen molar-refractivity contribution in [1.29, 1.82) is 0 Å². The Morgan fingerprint density at radius 3 is 2.87 bits per heavy atom. The van der Waals surface area contributed by atoms with Crippen LogP contribution in [0.4, 0.5) is 0 Å². The van der Waals surface area contributed by atoms with Crippen molar-refractivity contribution in [3.05, 3.63) is 0 Å². The van der Waals surface area contributed by atoms with E-state index in [2.05, 4.69) is 24.1 Å². The number of rotatable bonds is 6. The Morgan fingerprint density at radius 1 is 1.47 bits per heavy atom. The summed E-state index contributed by atoms with van der Waals surface area (Å²) < 4.78 is 5.34. The van der Waals surface area contributed by atoms with Crippen LogP contribution in [0.3, 0.4) is 0 Å². The highest BCUT2D eigenvalue weighted by Crippen LogP contribution is 2.15. The highest BCUT2D eigenvalue weighted by Gasteiger charge is 2.26. The van der Waals surface area contributed by atoms with Crippen molar-refractivity contribution in [2.75, 3.05) is 33.4 Å². The second-order valence-corrected chi connectivity index (χ2v) is 4.40. The van der Waals surface area contributed by atoms with E-state index < -0.39 is 0 Å². The molecule has 2 unspecified atom stereocenters. The average Bonchev–Trinajstić information content (AvgIpc) is 2.29. The normalized spacial score (nSPS) is 25.4. The molecule has 1 heterocycles. The summed E-state index contributed by atoms with van der Waals surface area (Å²) in [4.78, 5) is 2.64. The number of piperazine rings is 1. The van der Waals surface area contributed by atoms with Gasteiger partial charge in [0, 0.05) is 38.8 Å². The number of nitrogens with one attached hydrogen (secondary N) is 1. The fourth-order valence-electron chi connectivity index (χ4n) is 2.51. The maximum Gasteiger partial charge on any atom is 0.0618 e. The minimum atomic E-state index is 0.618. The molecule has 2 atom stereocenters. The number of methoxy groups -OCH3 is 1. The molecule has 0 bridgehead atoms. The van der Waals surface area contributed by atoms with E-state index in [1.807, 2.05) is 7.11 Å². The zero-order chi connectivity index (χ0) is 11.1. The molecule has 1 aliphatic rings. The lowest BCUT2D eigenvalue weighted by molar-refractivity contribution is 0.0409. The van der Waals surface area contributed by atoms with Gasteiger partial charge in [0.1, 0.15) is 0 Å². The van der Waals surface area contributed by atoms with E-state index in [9.17, 15) is 0 Å². The van der Waals surface area contributed by atoms with Gasteiger partial charge in [-0.05, 0) is 12.8 Å². The number of nitrogens with zero attached hydrogens (tertiary/aromatic N) is 1. The molecule has 0 aromatic rings. The minimum absolute atomic E-state index is 0.618. The van der Waals surface area contributed by atoms with Crippen molar-refractivity contribution in [3.63, 3.8) is 0 Å². The van der Waals surface area contributed by atoms with Gasteiger partial charge in [0.2, 0.25) is 0 Å². The fraction of sp³-hybridized carbons (Fsp3) is 1.00. The molecule has 0 saturated carbocycles. The van der Waals surface area contributed by atoms with Crippen LogP contribution in [0.15, 0.2) is 0 Å². The Labute approximate surface area is 94.2 Å². The number of ether oxygens (including phenoxy) is 1. The molecule has 0 aromatic carbocycles. The van der Waals surface area contributed by atoms with Gasteiger partial charge in [-0.2, -0.15) is 0 Å². The molecular weight excluding hydrogens is 188 g/mol. The molecule has 0 amide bonds. The molecule has 0 spiro atoms. The summed E-state index contributed by atoms with van der Waals surface area (Å²) in [6.45, 7) is 8.85. The molecule has 3 nitrogen and oxygen atoms in total. The van der Waals surface area contributed by atoms with E-state index in [-0.39, 0.29) is 0 Å². The molecule has 1 saturated heterocycles. The summed E-state index contributed by atoms with van der Waals surface area (Å²) in [6, 6.07) is 1.32. The van der Waals surface area contributed by atoms with Crippen LogP contribution in [0.25, 0.3) is 0 Å². The maximum absolute atomic E-state index is 5.34. The monoisotopic (exact) mass is 214 g/mol. The Balaban J connectivity index is 2.53. The molecule has 1 aliphatic heterocycles. The predicted octanol–water partition coefficient (Wildman–Crippen LogP) is 1.49. The van der Waals surface area contributed by atoms with Gasteiger partial charge in [-0.25, -0.2) is 0 Å². The Kier molecular flexibility index (Phi) is 6.22. The van der Waals surface area contributed by atoms with Crippen LogP contribution in [0.5, 0.6) is 0 Å². The maximum atomic E-state index is 5.34. The molecule has 0 radical (unpaired) electrons. The fourth-order valence-corrected chi connectivity index (χ4v) is 2.51. The first-order chi connectivity index (χ1) is 7.33. The van der Waals surface area contributed by atoms with Crippen LogP contribution in [0.2, 0.25) is 0 Å². The van der Waals surface area contributed by atoms with Gasteiger partial charge in [0.25, 0.3) is 0 Å². The molecule has 1 N–H and O–H groups in total. The van der Waals surface area contributed by atoms with Crippen molar-refractivity contribution in [1.82, 2.24) is 10.2 Å². The first-order valence-corrected chi connectivity index (χ1v) is 6.28. The summed E-state index contributed by atoms with van der Waals surface area (Å²) in [7, 11) is 1.81. The van der Waals surface area contributed by atoms with Crippen molar-refractivity contribution in [3.8, 4) is 0 Å². The highest BCUT2D eigenvalue weighted by atomic mass is 16.5. The van der Waals surface area contributed by atoms with E-state index in [4.69, 9.17) is 4.74 Å². The van der Waals surface area contributed by atoms with Crippen molar-refractivity contribution < 1.29 is 4.74 Å². The Morgan fingerprint density at radius 2 is 2.27 bits per heavy atom. The Hall–Kier alpha value is -0.120. The molecule has 90 valence electrons. The third-order valence-electron chi connectivity index (χ3n) is 3.32. The van der Waals surface area contributed by atoms with Crippen molar-refractivity contribution in [2.24, 2.45) is 0 Å². The molecule has 3 heteroatoms. The highest BCUT2D eigenvalue weighted by molar-refractivity contribution is 4.84. The lowest BCUT2D eigenvalue weighted by atomic mass is 10.0. The van der Waals surface area contributed by atoms with E-state index >= 15 is 0 Å². The quantitative estimate of drug-likeness (QED) is 0.725. The van der Waals surface area contributed by atoms with Gasteiger partial charge in [-0.3, -0.25) is 4.90 Å². The lowest BCUT2D eigenvalue weighted by Gasteiger charge is -2.41. The van der Waals surface area contributed by atoms with Gasteiger partial charge in [0.15, 0.2) is 0 Å². The molecule has 1 fully saturated rings. The summed E-state index contributed by atoms with van der Waals surface area (Å²) in [5, 5.41) is 3.47. The van der Waals surface area contributed by atoms with Gasteiger partial charge >= 0.3 is 0 Å². The van der Waals surface area contributed by atoms with Crippen LogP contribution < -0.4 is 5.32 Å². The molecule has 0 aromatic heterocycles. The number of hydrogen-bond donors (Lipinski definition) is 1. The average molecular weight is 214 g/mol. The Bertz CT molecular complexity index is 158. The van der Waals surface area contributed by atoms with Crippen LogP contribution in [-0.4, -0.2) is 50.3 Å². The topological polar surface area (TPSA) is 24.5 Å². The summed E-state index contributed by atoms with van der Waals surface area (Å²) in [6.07, 6.45) is 3.73. The predicted molar refractivity (Wildman–Crippen MR) is 64.2 cm³/mol. The first kappa shape index (κ1) is 12.9. The van der Waals surface area contributed by atoms with Crippen molar-refractivity contribution >= 4 is 0 Å². The second-order valence-electron chi connectivity index (χ2n) is 4.40. The van der Waals surface area contributed by atoms with Gasteiger partial charge < -0.3 is 10.1 Å². The largest absolute Gasteiger partial charge is 0.383 e. The zero-order valence-corrected chi connectivity index (χ0v) is 10.5. The second kappa shape index (κ2) is 7.20. The third kappa shape index (κ3) is 3.74. The minimum Gasteiger partial charge on any atom is -0.383 e. The summed E-state index contributed by atoms with van der Waals surface area (Å²) in [5.41, 5.74) is 0. The van der Waals surface area contributed by atoms with E-state index in [0.717, 1.165) is 19.7 Å². The van der Waals surface area contributed by atoms with E-state index in [1.54, 1.807) is 0 Å². The summed E-state index contributed by atoms with van der Waals surface area (Å²) in [5.74, 6) is 0. The van der Waals surface area contributed by atoms with E-state index in [1.165, 1.54) is 25.8 Å². The van der Waals surface area contributed by atoms with Crippen LogP contribution in [0.1, 0.15) is 33.1 Å². The number of hydrogen-bond acceptors (Lipinski definition) is 3. The third-order valence-corrected chi connectivity index (χ3v) is 3.32.